The van der Waals surface area contributed by atoms with Gasteiger partial charge in [-0.2, -0.15) is 5.10 Å². The summed E-state index contributed by atoms with van der Waals surface area (Å²) in [4.78, 5) is 14.7. The summed E-state index contributed by atoms with van der Waals surface area (Å²) in [7, 11) is 1.57. The lowest BCUT2D eigenvalue weighted by atomic mass is 10.0. The van der Waals surface area contributed by atoms with E-state index in [1.807, 2.05) is 24.3 Å². The first-order chi connectivity index (χ1) is 11.3. The summed E-state index contributed by atoms with van der Waals surface area (Å²) >= 11 is 0. The van der Waals surface area contributed by atoms with Crippen LogP contribution in [0.3, 0.4) is 0 Å². The van der Waals surface area contributed by atoms with Crippen molar-refractivity contribution in [3.63, 3.8) is 0 Å². The highest BCUT2D eigenvalue weighted by molar-refractivity contribution is 5.97. The first kappa shape index (κ1) is 15.3. The average Bonchev–Trinajstić information content (AvgIpc) is 2.62. The van der Waals surface area contributed by atoms with Crippen LogP contribution >= 0.6 is 0 Å². The largest absolute Gasteiger partial charge is 0.496 e. The second kappa shape index (κ2) is 7.09. The molecular weight excluding hydrogens is 292 g/mol. The SMILES string of the molecule is COc1ccccc1C(=O)NC1CCCN(c2cccnn2)C1. The van der Waals surface area contributed by atoms with Crippen LogP contribution in [0.2, 0.25) is 0 Å². The zero-order valence-electron chi connectivity index (χ0n) is 13.1. The van der Waals surface area contributed by atoms with E-state index in [0.29, 0.717) is 11.3 Å². The first-order valence-corrected chi connectivity index (χ1v) is 7.74. The minimum Gasteiger partial charge on any atom is -0.496 e. The lowest BCUT2D eigenvalue weighted by Crippen LogP contribution is -2.48. The molecule has 1 aromatic carbocycles. The molecule has 3 rings (SSSR count). The number of carbonyl (C=O) groups excluding carboxylic acids is 1. The quantitative estimate of drug-likeness (QED) is 0.934. The van der Waals surface area contributed by atoms with E-state index >= 15 is 0 Å². The fourth-order valence-corrected chi connectivity index (χ4v) is 2.86. The standard InChI is InChI=1S/C17H20N4O2/c1-23-15-8-3-2-7-14(15)17(22)19-13-6-5-11-21(12-13)16-9-4-10-18-20-16/h2-4,7-10,13H,5-6,11-12H2,1H3,(H,19,22). The highest BCUT2D eigenvalue weighted by atomic mass is 16.5. The Hall–Kier alpha value is -2.63. The molecule has 6 nitrogen and oxygen atoms in total. The number of para-hydroxylation sites is 1. The van der Waals surface area contributed by atoms with E-state index in [9.17, 15) is 4.79 Å². The van der Waals surface area contributed by atoms with Crippen LogP contribution in [0.15, 0.2) is 42.6 Å². The predicted molar refractivity (Wildman–Crippen MR) is 87.7 cm³/mol. The minimum absolute atomic E-state index is 0.0863. The fourth-order valence-electron chi connectivity index (χ4n) is 2.86. The number of carbonyl (C=O) groups is 1. The van der Waals surface area contributed by atoms with Crippen LogP contribution in [0.5, 0.6) is 5.75 Å². The van der Waals surface area contributed by atoms with E-state index in [1.165, 1.54) is 0 Å². The number of methoxy groups -OCH3 is 1. The molecule has 1 aliphatic rings. The van der Waals surface area contributed by atoms with Gasteiger partial charge in [0, 0.05) is 25.3 Å². The van der Waals surface area contributed by atoms with Gasteiger partial charge in [-0.15, -0.1) is 5.10 Å². The second-order valence-electron chi connectivity index (χ2n) is 5.54. The Labute approximate surface area is 135 Å². The van der Waals surface area contributed by atoms with Crippen LogP contribution in [-0.4, -0.2) is 42.3 Å². The summed E-state index contributed by atoms with van der Waals surface area (Å²) in [5.74, 6) is 1.34. The summed E-state index contributed by atoms with van der Waals surface area (Å²) in [5, 5.41) is 11.2. The molecule has 1 unspecified atom stereocenters. The lowest BCUT2D eigenvalue weighted by molar-refractivity contribution is 0.0930. The molecule has 0 spiro atoms. The molecular formula is C17H20N4O2. The van der Waals surface area contributed by atoms with Crippen LogP contribution in [0.1, 0.15) is 23.2 Å². The van der Waals surface area contributed by atoms with E-state index in [0.717, 1.165) is 31.7 Å². The zero-order chi connectivity index (χ0) is 16.1. The number of piperidine rings is 1. The summed E-state index contributed by atoms with van der Waals surface area (Å²) in [5.41, 5.74) is 0.562. The third-order valence-corrected chi connectivity index (χ3v) is 3.99. The molecule has 2 aromatic rings. The van der Waals surface area contributed by atoms with E-state index in [4.69, 9.17) is 4.74 Å². The maximum Gasteiger partial charge on any atom is 0.255 e. The van der Waals surface area contributed by atoms with Gasteiger partial charge in [-0.1, -0.05) is 12.1 Å². The zero-order valence-corrected chi connectivity index (χ0v) is 13.1. The Morgan fingerprint density at radius 2 is 2.17 bits per heavy atom. The molecule has 1 amide bonds. The molecule has 1 aliphatic heterocycles. The molecule has 1 saturated heterocycles. The predicted octanol–water partition coefficient (Wildman–Crippen LogP) is 1.88. The average molecular weight is 312 g/mol. The molecule has 1 N–H and O–H groups in total. The monoisotopic (exact) mass is 312 g/mol. The molecule has 120 valence electrons. The van der Waals surface area contributed by atoms with Gasteiger partial charge < -0.3 is 15.0 Å². The Kier molecular flexibility index (Phi) is 4.71. The molecule has 23 heavy (non-hydrogen) atoms. The van der Waals surface area contributed by atoms with Crippen molar-refractivity contribution in [3.05, 3.63) is 48.2 Å². The number of nitrogens with one attached hydrogen (secondary N) is 1. The summed E-state index contributed by atoms with van der Waals surface area (Å²) in [6.45, 7) is 1.67. The fraction of sp³-hybridized carbons (Fsp3) is 0.353. The van der Waals surface area contributed by atoms with Crippen molar-refractivity contribution >= 4 is 11.7 Å². The molecule has 0 radical (unpaired) electrons. The third-order valence-electron chi connectivity index (χ3n) is 3.99. The van der Waals surface area contributed by atoms with Crippen LogP contribution in [-0.2, 0) is 0 Å². The maximum absolute atomic E-state index is 12.5. The van der Waals surface area contributed by atoms with Gasteiger partial charge in [0.25, 0.3) is 5.91 Å². The van der Waals surface area contributed by atoms with Crippen molar-refractivity contribution in [1.29, 1.82) is 0 Å². The number of rotatable bonds is 4. The number of hydrogen-bond donors (Lipinski definition) is 1. The van der Waals surface area contributed by atoms with Crippen LogP contribution in [0, 0.1) is 0 Å². The van der Waals surface area contributed by atoms with E-state index < -0.39 is 0 Å². The van der Waals surface area contributed by atoms with Crippen molar-refractivity contribution in [3.8, 4) is 5.75 Å². The Morgan fingerprint density at radius 3 is 2.96 bits per heavy atom. The van der Waals surface area contributed by atoms with Crippen molar-refractivity contribution in [2.75, 3.05) is 25.1 Å². The second-order valence-corrected chi connectivity index (χ2v) is 5.54. The number of ether oxygens (including phenoxy) is 1. The van der Waals surface area contributed by atoms with Crippen molar-refractivity contribution in [1.82, 2.24) is 15.5 Å². The van der Waals surface area contributed by atoms with E-state index in [-0.39, 0.29) is 11.9 Å². The normalized spacial score (nSPS) is 17.6. The smallest absolute Gasteiger partial charge is 0.255 e. The van der Waals surface area contributed by atoms with Gasteiger partial charge in [-0.3, -0.25) is 4.79 Å². The van der Waals surface area contributed by atoms with Gasteiger partial charge >= 0.3 is 0 Å². The molecule has 0 bridgehead atoms. The number of aromatic nitrogens is 2. The highest BCUT2D eigenvalue weighted by Gasteiger charge is 2.23. The molecule has 1 fully saturated rings. The van der Waals surface area contributed by atoms with Gasteiger partial charge in [0.15, 0.2) is 5.82 Å². The maximum atomic E-state index is 12.5. The Morgan fingerprint density at radius 1 is 1.30 bits per heavy atom. The van der Waals surface area contributed by atoms with E-state index in [1.54, 1.807) is 25.4 Å². The van der Waals surface area contributed by atoms with Gasteiger partial charge in [-0.05, 0) is 37.1 Å². The lowest BCUT2D eigenvalue weighted by Gasteiger charge is -2.33. The van der Waals surface area contributed by atoms with Gasteiger partial charge in [0.05, 0.1) is 12.7 Å². The molecule has 6 heteroatoms. The summed E-state index contributed by atoms with van der Waals surface area (Å²) in [6.07, 6.45) is 3.62. The minimum atomic E-state index is -0.103. The van der Waals surface area contributed by atoms with Crippen LogP contribution < -0.4 is 15.0 Å². The summed E-state index contributed by atoms with van der Waals surface area (Å²) < 4.78 is 5.26. The number of amides is 1. The first-order valence-electron chi connectivity index (χ1n) is 7.74. The van der Waals surface area contributed by atoms with Gasteiger partial charge in [0.2, 0.25) is 0 Å². The number of hydrogen-bond acceptors (Lipinski definition) is 5. The van der Waals surface area contributed by atoms with Crippen molar-refractivity contribution in [2.45, 2.75) is 18.9 Å². The van der Waals surface area contributed by atoms with Crippen molar-refractivity contribution < 1.29 is 9.53 Å². The van der Waals surface area contributed by atoms with Crippen LogP contribution in [0.25, 0.3) is 0 Å². The topological polar surface area (TPSA) is 67.3 Å². The third kappa shape index (κ3) is 3.59. The Bertz CT molecular complexity index is 663. The molecule has 1 aromatic heterocycles. The summed E-state index contributed by atoms with van der Waals surface area (Å²) in [6, 6.07) is 11.2. The number of benzene rings is 1. The number of nitrogens with zero attached hydrogens (tertiary/aromatic N) is 3. The van der Waals surface area contributed by atoms with Crippen molar-refractivity contribution in [2.24, 2.45) is 0 Å². The molecule has 0 aliphatic carbocycles. The molecule has 0 saturated carbocycles. The number of anilines is 1. The Balaban J connectivity index is 1.67. The van der Waals surface area contributed by atoms with E-state index in [2.05, 4.69) is 20.4 Å². The van der Waals surface area contributed by atoms with Gasteiger partial charge in [-0.25, -0.2) is 0 Å². The molecule has 1 atom stereocenters. The molecule has 2 heterocycles. The van der Waals surface area contributed by atoms with Crippen LogP contribution in [0.4, 0.5) is 5.82 Å². The van der Waals surface area contributed by atoms with Gasteiger partial charge in [0.1, 0.15) is 5.75 Å². The highest BCUT2D eigenvalue weighted by Crippen LogP contribution is 2.20.